The Bertz CT molecular complexity index is 514. The van der Waals surface area contributed by atoms with E-state index >= 15 is 0 Å². The number of benzene rings is 1. The Morgan fingerprint density at radius 2 is 1.67 bits per heavy atom. The lowest BCUT2D eigenvalue weighted by molar-refractivity contribution is -0.159. The maximum atomic E-state index is 9.10. The van der Waals surface area contributed by atoms with E-state index in [-0.39, 0.29) is 0 Å². The van der Waals surface area contributed by atoms with Crippen molar-refractivity contribution in [1.29, 1.82) is 0 Å². The van der Waals surface area contributed by atoms with Crippen LogP contribution >= 0.6 is 0 Å². The van der Waals surface area contributed by atoms with Gasteiger partial charge in [-0.15, -0.1) is 0 Å². The largest absolute Gasteiger partial charge is 0.494 e. The molecule has 0 radical (unpaired) electrons. The minimum Gasteiger partial charge on any atom is -0.494 e. The number of aryl methyl sites for hydroxylation is 1. The molecular weight excluding hydrogens is 310 g/mol. The number of ether oxygens (including phenoxy) is 1. The van der Waals surface area contributed by atoms with E-state index in [1.165, 1.54) is 11.1 Å². The summed E-state index contributed by atoms with van der Waals surface area (Å²) in [5.74, 6) is -2.09. The number of hydrogen-bond acceptors (Lipinski definition) is 4. The van der Waals surface area contributed by atoms with Crippen molar-refractivity contribution in [3.05, 3.63) is 29.3 Å². The first kappa shape index (κ1) is 21.9. The van der Waals surface area contributed by atoms with E-state index in [4.69, 9.17) is 24.5 Å². The van der Waals surface area contributed by atoms with Gasteiger partial charge in [-0.2, -0.15) is 0 Å². The van der Waals surface area contributed by atoms with Crippen LogP contribution in [-0.2, 0) is 9.59 Å². The molecule has 0 aliphatic heterocycles. The monoisotopic (exact) mass is 339 g/mol. The molecule has 6 nitrogen and oxygen atoms in total. The Hall–Kier alpha value is -2.08. The minimum absolute atomic E-state index is 0.551. The Balaban J connectivity index is 0.000000754. The molecule has 24 heavy (non-hydrogen) atoms. The predicted octanol–water partition coefficient (Wildman–Crippen LogP) is 3.04. The lowest BCUT2D eigenvalue weighted by atomic mass is 10.0. The van der Waals surface area contributed by atoms with E-state index in [0.29, 0.717) is 12.0 Å². The van der Waals surface area contributed by atoms with Gasteiger partial charge in [-0.1, -0.05) is 33.8 Å². The highest BCUT2D eigenvalue weighted by Gasteiger charge is 2.04. The molecule has 0 saturated heterocycles. The normalized spacial score (nSPS) is 10.3. The average Bonchev–Trinajstić information content (AvgIpc) is 2.46. The summed E-state index contributed by atoms with van der Waals surface area (Å²) in [5.41, 5.74) is 2.63. The minimum atomic E-state index is -1.82. The number of aliphatic carboxylic acids is 2. The van der Waals surface area contributed by atoms with E-state index in [1.807, 2.05) is 0 Å². The first-order valence-corrected chi connectivity index (χ1v) is 8.07. The van der Waals surface area contributed by atoms with Crippen LogP contribution in [0.4, 0.5) is 0 Å². The Morgan fingerprint density at radius 1 is 1.08 bits per heavy atom. The van der Waals surface area contributed by atoms with Crippen molar-refractivity contribution in [2.24, 2.45) is 0 Å². The quantitative estimate of drug-likeness (QED) is 0.522. The lowest BCUT2D eigenvalue weighted by Crippen LogP contribution is -2.24. The lowest BCUT2D eigenvalue weighted by Gasteiger charge is -2.12. The van der Waals surface area contributed by atoms with E-state index < -0.39 is 11.9 Å². The van der Waals surface area contributed by atoms with E-state index in [9.17, 15) is 0 Å². The van der Waals surface area contributed by atoms with Crippen molar-refractivity contribution in [1.82, 2.24) is 5.32 Å². The molecule has 0 fully saturated rings. The second kappa shape index (κ2) is 11.5. The van der Waals surface area contributed by atoms with Crippen molar-refractivity contribution < 1.29 is 24.5 Å². The molecule has 136 valence electrons. The zero-order valence-electron chi connectivity index (χ0n) is 15.1. The fourth-order valence-electron chi connectivity index (χ4n) is 1.85. The van der Waals surface area contributed by atoms with Gasteiger partial charge in [-0.05, 0) is 49.1 Å². The summed E-state index contributed by atoms with van der Waals surface area (Å²) in [7, 11) is 0. The van der Waals surface area contributed by atoms with E-state index in [2.05, 4.69) is 58.1 Å². The van der Waals surface area contributed by atoms with E-state index in [1.54, 1.807) is 0 Å². The predicted molar refractivity (Wildman–Crippen MR) is 93.8 cm³/mol. The first-order chi connectivity index (χ1) is 11.1. The van der Waals surface area contributed by atoms with Gasteiger partial charge in [0.05, 0.1) is 6.61 Å². The van der Waals surface area contributed by atoms with Crippen molar-refractivity contribution in [2.45, 2.75) is 53.0 Å². The summed E-state index contributed by atoms with van der Waals surface area (Å²) in [6.45, 7) is 12.7. The third-order valence-corrected chi connectivity index (χ3v) is 3.07. The van der Waals surface area contributed by atoms with Crippen LogP contribution in [-0.4, -0.2) is 41.3 Å². The number of carboxylic acids is 2. The third-order valence-electron chi connectivity index (χ3n) is 3.07. The molecule has 0 aliphatic carbocycles. The second-order valence-corrected chi connectivity index (χ2v) is 6.16. The molecule has 0 amide bonds. The van der Waals surface area contributed by atoms with Crippen LogP contribution in [0, 0.1) is 6.92 Å². The smallest absolute Gasteiger partial charge is 0.414 e. The van der Waals surface area contributed by atoms with Crippen LogP contribution in [0.2, 0.25) is 0 Å². The molecule has 1 rings (SSSR count). The number of rotatable bonds is 7. The van der Waals surface area contributed by atoms with Crippen LogP contribution in [0.15, 0.2) is 18.2 Å². The number of carbonyl (C=O) groups is 2. The molecule has 1 aromatic rings. The van der Waals surface area contributed by atoms with Gasteiger partial charge in [0.2, 0.25) is 0 Å². The zero-order valence-corrected chi connectivity index (χ0v) is 15.1. The third kappa shape index (κ3) is 10.6. The summed E-state index contributed by atoms with van der Waals surface area (Å²) in [6.07, 6.45) is 1.04. The first-order valence-electron chi connectivity index (χ1n) is 8.07. The van der Waals surface area contributed by atoms with Gasteiger partial charge in [0.1, 0.15) is 5.75 Å². The molecule has 3 N–H and O–H groups in total. The summed E-state index contributed by atoms with van der Waals surface area (Å²) >= 11 is 0. The zero-order chi connectivity index (χ0) is 18.7. The highest BCUT2D eigenvalue weighted by Crippen LogP contribution is 2.22. The molecule has 0 spiro atoms. The van der Waals surface area contributed by atoms with Crippen molar-refractivity contribution >= 4 is 11.9 Å². The maximum absolute atomic E-state index is 9.10. The molecule has 0 unspecified atom stereocenters. The van der Waals surface area contributed by atoms with Gasteiger partial charge < -0.3 is 20.3 Å². The molecule has 1 aromatic carbocycles. The highest BCUT2D eigenvalue weighted by molar-refractivity contribution is 6.27. The molecule has 0 atom stereocenters. The standard InChI is InChI=1S/C16H27NO.C2H2O4/c1-12(2)15-9-14(5)10-16(11-15)18-8-6-7-17-13(3)4;3-1(4)2(5)6/h9-13,17H,6-8H2,1-5H3;(H,3,4)(H,5,6). The van der Waals surface area contributed by atoms with Crippen LogP contribution in [0.1, 0.15) is 51.2 Å². The van der Waals surface area contributed by atoms with Gasteiger partial charge in [-0.3, -0.25) is 0 Å². The average molecular weight is 339 g/mol. The number of nitrogens with one attached hydrogen (secondary N) is 1. The molecule has 6 heteroatoms. The van der Waals surface area contributed by atoms with E-state index in [0.717, 1.165) is 25.3 Å². The van der Waals surface area contributed by atoms with Gasteiger partial charge in [0.15, 0.2) is 0 Å². The summed E-state index contributed by atoms with van der Waals surface area (Å²) in [5, 5.41) is 18.2. The molecule has 0 saturated carbocycles. The number of carboxylic acid groups (broad SMARTS) is 2. The maximum Gasteiger partial charge on any atom is 0.414 e. The molecular formula is C18H29NO5. The molecule has 0 aliphatic rings. The van der Waals surface area contributed by atoms with Crippen molar-refractivity contribution in [3.8, 4) is 5.75 Å². The topological polar surface area (TPSA) is 95.9 Å². The van der Waals surface area contributed by atoms with Crippen LogP contribution < -0.4 is 10.1 Å². The highest BCUT2D eigenvalue weighted by atomic mass is 16.5. The Kier molecular flexibility index (Phi) is 10.5. The molecule has 0 bridgehead atoms. The number of hydrogen-bond donors (Lipinski definition) is 3. The van der Waals surface area contributed by atoms with Gasteiger partial charge in [0, 0.05) is 6.04 Å². The van der Waals surface area contributed by atoms with Gasteiger partial charge in [0.25, 0.3) is 0 Å². The van der Waals surface area contributed by atoms with Gasteiger partial charge in [-0.25, -0.2) is 9.59 Å². The summed E-state index contributed by atoms with van der Waals surface area (Å²) in [6, 6.07) is 7.06. The summed E-state index contributed by atoms with van der Waals surface area (Å²) in [4.78, 5) is 18.2. The van der Waals surface area contributed by atoms with Crippen LogP contribution in [0.5, 0.6) is 5.75 Å². The Morgan fingerprint density at radius 3 is 2.12 bits per heavy atom. The molecule has 0 aromatic heterocycles. The fourth-order valence-corrected chi connectivity index (χ4v) is 1.85. The second-order valence-electron chi connectivity index (χ2n) is 6.16. The molecule has 0 heterocycles. The van der Waals surface area contributed by atoms with Gasteiger partial charge >= 0.3 is 11.9 Å². The van der Waals surface area contributed by atoms with Crippen molar-refractivity contribution in [3.63, 3.8) is 0 Å². The Labute approximate surface area is 143 Å². The fraction of sp³-hybridized carbons (Fsp3) is 0.556. The summed E-state index contributed by atoms with van der Waals surface area (Å²) < 4.78 is 5.82. The van der Waals surface area contributed by atoms with Crippen LogP contribution in [0.3, 0.4) is 0 Å². The SMILES string of the molecule is Cc1cc(OCCCNC(C)C)cc(C(C)C)c1.O=C(O)C(=O)O. The van der Waals surface area contributed by atoms with Crippen LogP contribution in [0.25, 0.3) is 0 Å². The van der Waals surface area contributed by atoms with Crippen molar-refractivity contribution in [2.75, 3.05) is 13.2 Å².